The molecular weight excluding hydrogens is 318 g/mol. The van der Waals surface area contributed by atoms with Crippen LogP contribution in [0.15, 0.2) is 29.2 Å². The van der Waals surface area contributed by atoms with Gasteiger partial charge in [-0.15, -0.1) is 11.8 Å². The second kappa shape index (κ2) is 7.04. The first-order valence-electron chi connectivity index (χ1n) is 7.56. The van der Waals surface area contributed by atoms with Crippen LogP contribution in [0, 0.1) is 6.92 Å². The van der Waals surface area contributed by atoms with Crippen LogP contribution in [0.25, 0.3) is 0 Å². The third-order valence-corrected chi connectivity index (χ3v) is 6.80. The number of hydrogen-bond acceptors (Lipinski definition) is 4. The SMILES string of the molecule is CCN(C(=O)C(C)Sc1ccc(C)cc1)C1CCS(=O)(=O)C1. The van der Waals surface area contributed by atoms with Gasteiger partial charge < -0.3 is 4.90 Å². The normalized spacial score (nSPS) is 21.5. The zero-order valence-electron chi connectivity index (χ0n) is 13.3. The Hall–Kier alpha value is -1.01. The molecule has 0 aromatic heterocycles. The molecule has 4 nitrogen and oxygen atoms in total. The summed E-state index contributed by atoms with van der Waals surface area (Å²) in [4.78, 5) is 15.4. The van der Waals surface area contributed by atoms with E-state index < -0.39 is 9.84 Å². The van der Waals surface area contributed by atoms with Gasteiger partial charge in [0.15, 0.2) is 9.84 Å². The monoisotopic (exact) mass is 341 g/mol. The Balaban J connectivity index is 2.03. The van der Waals surface area contributed by atoms with Crippen molar-refractivity contribution in [2.24, 2.45) is 0 Å². The average molecular weight is 341 g/mol. The highest BCUT2D eigenvalue weighted by Gasteiger charge is 2.35. The van der Waals surface area contributed by atoms with Crippen molar-refractivity contribution in [2.45, 2.75) is 43.4 Å². The maximum absolute atomic E-state index is 12.7. The Bertz CT molecular complexity index is 625. The number of carbonyl (C=O) groups excluding carboxylic acids is 1. The topological polar surface area (TPSA) is 54.5 Å². The van der Waals surface area contributed by atoms with Crippen molar-refractivity contribution in [3.8, 4) is 0 Å². The van der Waals surface area contributed by atoms with Gasteiger partial charge in [-0.05, 0) is 39.3 Å². The van der Waals surface area contributed by atoms with Gasteiger partial charge in [0.05, 0.1) is 16.8 Å². The standard InChI is InChI=1S/C16H23NO3S2/c1-4-17(14-9-10-22(19,20)11-14)16(18)13(3)21-15-7-5-12(2)6-8-15/h5-8,13-14H,4,9-11H2,1-3H3. The maximum atomic E-state index is 12.7. The summed E-state index contributed by atoms with van der Waals surface area (Å²) in [5.41, 5.74) is 1.19. The summed E-state index contributed by atoms with van der Waals surface area (Å²) in [7, 11) is -2.97. The lowest BCUT2D eigenvalue weighted by Crippen LogP contribution is -2.44. The Kier molecular flexibility index (Phi) is 5.55. The predicted molar refractivity (Wildman–Crippen MR) is 90.9 cm³/mol. The van der Waals surface area contributed by atoms with Gasteiger partial charge in [0.1, 0.15) is 0 Å². The van der Waals surface area contributed by atoms with E-state index in [4.69, 9.17) is 0 Å². The van der Waals surface area contributed by atoms with Gasteiger partial charge in [0.2, 0.25) is 5.91 Å². The predicted octanol–water partition coefficient (Wildman–Crippen LogP) is 2.51. The molecule has 0 saturated carbocycles. The van der Waals surface area contributed by atoms with Gasteiger partial charge >= 0.3 is 0 Å². The zero-order chi connectivity index (χ0) is 16.3. The zero-order valence-corrected chi connectivity index (χ0v) is 14.9. The molecule has 0 spiro atoms. The van der Waals surface area contributed by atoms with Crippen LogP contribution in [0.2, 0.25) is 0 Å². The van der Waals surface area contributed by atoms with Crippen LogP contribution in [0.4, 0.5) is 0 Å². The number of sulfone groups is 1. The van der Waals surface area contributed by atoms with E-state index in [-0.39, 0.29) is 28.7 Å². The summed E-state index contributed by atoms with van der Waals surface area (Å²) in [5, 5.41) is -0.217. The first-order valence-corrected chi connectivity index (χ1v) is 10.3. The van der Waals surface area contributed by atoms with E-state index in [2.05, 4.69) is 0 Å². The molecule has 2 rings (SSSR count). The Morgan fingerprint density at radius 3 is 2.50 bits per heavy atom. The second-order valence-electron chi connectivity index (χ2n) is 5.75. The van der Waals surface area contributed by atoms with Gasteiger partial charge in [0, 0.05) is 17.5 Å². The summed E-state index contributed by atoms with van der Waals surface area (Å²) in [6, 6.07) is 7.92. The lowest BCUT2D eigenvalue weighted by atomic mass is 10.2. The fourth-order valence-electron chi connectivity index (χ4n) is 2.72. The molecule has 0 aliphatic carbocycles. The van der Waals surface area contributed by atoms with Crippen LogP contribution in [-0.2, 0) is 14.6 Å². The summed E-state index contributed by atoms with van der Waals surface area (Å²) in [6.07, 6.45) is 0.559. The van der Waals surface area contributed by atoms with E-state index in [9.17, 15) is 13.2 Å². The fourth-order valence-corrected chi connectivity index (χ4v) is 5.39. The Labute approximate surface area is 137 Å². The van der Waals surface area contributed by atoms with Gasteiger partial charge in [-0.1, -0.05) is 17.7 Å². The smallest absolute Gasteiger partial charge is 0.236 e. The minimum Gasteiger partial charge on any atom is -0.338 e. The minimum absolute atomic E-state index is 0.0233. The molecular formula is C16H23NO3S2. The van der Waals surface area contributed by atoms with Crippen LogP contribution in [-0.4, -0.2) is 48.6 Å². The van der Waals surface area contributed by atoms with E-state index >= 15 is 0 Å². The largest absolute Gasteiger partial charge is 0.338 e. The van der Waals surface area contributed by atoms with E-state index in [1.54, 1.807) is 4.90 Å². The molecule has 1 aliphatic rings. The molecule has 22 heavy (non-hydrogen) atoms. The maximum Gasteiger partial charge on any atom is 0.236 e. The van der Waals surface area contributed by atoms with Crippen LogP contribution in [0.5, 0.6) is 0 Å². The molecule has 1 fully saturated rings. The van der Waals surface area contributed by atoms with Crippen LogP contribution >= 0.6 is 11.8 Å². The molecule has 122 valence electrons. The first kappa shape index (κ1) is 17.3. The van der Waals surface area contributed by atoms with Crippen LogP contribution in [0.1, 0.15) is 25.8 Å². The highest BCUT2D eigenvalue weighted by molar-refractivity contribution is 8.00. The van der Waals surface area contributed by atoms with Gasteiger partial charge in [0.25, 0.3) is 0 Å². The number of nitrogens with zero attached hydrogens (tertiary/aromatic N) is 1. The van der Waals surface area contributed by atoms with Crippen molar-refractivity contribution >= 4 is 27.5 Å². The van der Waals surface area contributed by atoms with Crippen molar-refractivity contribution in [1.29, 1.82) is 0 Å². The number of rotatable bonds is 5. The quantitative estimate of drug-likeness (QED) is 0.772. The molecule has 0 radical (unpaired) electrons. The van der Waals surface area contributed by atoms with Gasteiger partial charge in [-0.3, -0.25) is 4.79 Å². The van der Waals surface area contributed by atoms with Crippen molar-refractivity contribution in [3.63, 3.8) is 0 Å². The van der Waals surface area contributed by atoms with Gasteiger partial charge in [-0.25, -0.2) is 8.42 Å². The molecule has 6 heteroatoms. The molecule has 0 N–H and O–H groups in total. The molecule has 0 bridgehead atoms. The lowest BCUT2D eigenvalue weighted by Gasteiger charge is -2.29. The van der Waals surface area contributed by atoms with E-state index in [0.29, 0.717) is 13.0 Å². The fraction of sp³-hybridized carbons (Fsp3) is 0.562. The summed E-state index contributed by atoms with van der Waals surface area (Å²) < 4.78 is 23.3. The minimum atomic E-state index is -2.97. The lowest BCUT2D eigenvalue weighted by molar-refractivity contribution is -0.131. The van der Waals surface area contributed by atoms with Crippen LogP contribution < -0.4 is 0 Å². The molecule has 2 unspecified atom stereocenters. The molecule has 1 aromatic rings. The number of hydrogen-bond donors (Lipinski definition) is 0. The summed E-state index contributed by atoms with van der Waals surface area (Å²) in [5.74, 6) is 0.324. The van der Waals surface area contributed by atoms with Crippen molar-refractivity contribution < 1.29 is 13.2 Å². The summed E-state index contributed by atoms with van der Waals surface area (Å²) >= 11 is 1.52. The molecule has 1 aromatic carbocycles. The highest BCUT2D eigenvalue weighted by Crippen LogP contribution is 2.27. The number of amides is 1. The summed E-state index contributed by atoms with van der Waals surface area (Å²) in [6.45, 7) is 6.38. The first-order chi connectivity index (χ1) is 10.3. The van der Waals surface area contributed by atoms with Crippen LogP contribution in [0.3, 0.4) is 0 Å². The van der Waals surface area contributed by atoms with Crippen molar-refractivity contribution in [1.82, 2.24) is 4.90 Å². The molecule has 1 amide bonds. The number of aryl methyl sites for hydroxylation is 1. The molecule has 1 saturated heterocycles. The van der Waals surface area contributed by atoms with Gasteiger partial charge in [-0.2, -0.15) is 0 Å². The van der Waals surface area contributed by atoms with Crippen molar-refractivity contribution in [2.75, 3.05) is 18.1 Å². The average Bonchev–Trinajstić information content (AvgIpc) is 2.82. The molecule has 1 heterocycles. The molecule has 1 aliphatic heterocycles. The molecule has 2 atom stereocenters. The third kappa shape index (κ3) is 4.26. The van der Waals surface area contributed by atoms with E-state index in [1.165, 1.54) is 17.3 Å². The third-order valence-electron chi connectivity index (χ3n) is 3.95. The number of thioether (sulfide) groups is 1. The number of benzene rings is 1. The van der Waals surface area contributed by atoms with E-state index in [1.807, 2.05) is 45.0 Å². The second-order valence-corrected chi connectivity index (χ2v) is 9.40. The highest BCUT2D eigenvalue weighted by atomic mass is 32.2. The van der Waals surface area contributed by atoms with Crippen molar-refractivity contribution in [3.05, 3.63) is 29.8 Å². The van der Waals surface area contributed by atoms with E-state index in [0.717, 1.165) is 4.90 Å². The number of carbonyl (C=O) groups is 1. The Morgan fingerprint density at radius 1 is 1.36 bits per heavy atom. The Morgan fingerprint density at radius 2 is 2.00 bits per heavy atom.